The third-order valence-corrected chi connectivity index (χ3v) is 7.02. The maximum absolute atomic E-state index is 12.6. The van der Waals surface area contributed by atoms with Gasteiger partial charge in [0.25, 0.3) is 0 Å². The zero-order valence-corrected chi connectivity index (χ0v) is 22.9. The van der Waals surface area contributed by atoms with Crippen LogP contribution in [0.3, 0.4) is 0 Å². The number of hydrogen-bond acceptors (Lipinski definition) is 5. The number of hydrogen-bond donors (Lipinski definition) is 2. The van der Waals surface area contributed by atoms with E-state index >= 15 is 0 Å². The minimum atomic E-state index is -0.459. The maximum atomic E-state index is 12.6. The van der Waals surface area contributed by atoms with Crippen molar-refractivity contribution in [1.82, 2.24) is 14.9 Å². The lowest BCUT2D eigenvalue weighted by atomic mass is 9.93. The molecular weight excluding hydrogens is 448 g/mol. The van der Waals surface area contributed by atoms with E-state index in [9.17, 15) is 9.90 Å². The summed E-state index contributed by atoms with van der Waals surface area (Å²) in [7, 11) is 4.07. The number of amides is 1. The molecule has 6 heteroatoms. The van der Waals surface area contributed by atoms with Gasteiger partial charge in [0.15, 0.2) is 0 Å². The van der Waals surface area contributed by atoms with Crippen molar-refractivity contribution in [3.05, 3.63) is 59.1 Å². The SMILES string of the molecule is C\C=C(/C(C)=C\C(=C(/C)CC)C(O)CCC)c1cc2cnc(NC(=O)C3CC3CN(C)C)cc2cn1. The quantitative estimate of drug-likeness (QED) is 0.378. The van der Waals surface area contributed by atoms with Gasteiger partial charge in [-0.15, -0.1) is 0 Å². The Labute approximate surface area is 216 Å². The fourth-order valence-corrected chi connectivity index (χ4v) is 4.74. The molecule has 0 aromatic carbocycles. The molecule has 2 heterocycles. The van der Waals surface area contributed by atoms with Crippen LogP contribution < -0.4 is 5.32 Å². The van der Waals surface area contributed by atoms with E-state index in [4.69, 9.17) is 4.98 Å². The van der Waals surface area contributed by atoms with Crippen molar-refractivity contribution >= 4 is 28.1 Å². The van der Waals surface area contributed by atoms with E-state index in [-0.39, 0.29) is 11.8 Å². The smallest absolute Gasteiger partial charge is 0.228 e. The Morgan fingerprint density at radius 1 is 1.19 bits per heavy atom. The number of carbonyl (C=O) groups is 1. The van der Waals surface area contributed by atoms with E-state index in [0.29, 0.717) is 11.7 Å². The van der Waals surface area contributed by atoms with Gasteiger partial charge in [0.05, 0.1) is 11.8 Å². The Hall–Kier alpha value is -2.83. The second-order valence-corrected chi connectivity index (χ2v) is 10.3. The van der Waals surface area contributed by atoms with Crippen molar-refractivity contribution in [3.63, 3.8) is 0 Å². The predicted octanol–water partition coefficient (Wildman–Crippen LogP) is 6.00. The van der Waals surface area contributed by atoms with E-state index in [2.05, 4.69) is 55.0 Å². The molecule has 3 atom stereocenters. The molecule has 0 spiro atoms. The monoisotopic (exact) mass is 490 g/mol. The molecule has 3 rings (SSSR count). The van der Waals surface area contributed by atoms with Gasteiger partial charge >= 0.3 is 0 Å². The van der Waals surface area contributed by atoms with Gasteiger partial charge in [-0.2, -0.15) is 0 Å². The molecule has 2 aromatic heterocycles. The molecule has 2 N–H and O–H groups in total. The zero-order valence-electron chi connectivity index (χ0n) is 22.9. The molecular formula is C30H42N4O2. The maximum Gasteiger partial charge on any atom is 0.228 e. The van der Waals surface area contributed by atoms with Crippen LogP contribution in [0.15, 0.2) is 53.4 Å². The van der Waals surface area contributed by atoms with Crippen molar-refractivity contribution in [1.29, 1.82) is 0 Å². The average molecular weight is 491 g/mol. The predicted molar refractivity (Wildman–Crippen MR) is 150 cm³/mol. The van der Waals surface area contributed by atoms with Gasteiger partial charge in [0.1, 0.15) is 5.82 Å². The van der Waals surface area contributed by atoms with E-state index in [1.165, 1.54) is 5.57 Å². The Kier molecular flexibility index (Phi) is 9.57. The first-order valence-corrected chi connectivity index (χ1v) is 13.1. The van der Waals surface area contributed by atoms with Gasteiger partial charge < -0.3 is 15.3 Å². The summed E-state index contributed by atoms with van der Waals surface area (Å²) in [5, 5.41) is 15.6. The lowest BCUT2D eigenvalue weighted by molar-refractivity contribution is -0.117. The summed E-state index contributed by atoms with van der Waals surface area (Å²) >= 11 is 0. The van der Waals surface area contributed by atoms with Gasteiger partial charge in [-0.3, -0.25) is 9.78 Å². The summed E-state index contributed by atoms with van der Waals surface area (Å²) in [6, 6.07) is 3.92. The van der Waals surface area contributed by atoms with Crippen molar-refractivity contribution < 1.29 is 9.90 Å². The molecule has 0 bridgehead atoms. The van der Waals surface area contributed by atoms with Crippen LogP contribution >= 0.6 is 0 Å². The minimum Gasteiger partial charge on any atom is -0.388 e. The Morgan fingerprint density at radius 3 is 2.53 bits per heavy atom. The van der Waals surface area contributed by atoms with Crippen LogP contribution in [0.1, 0.15) is 66.0 Å². The summed E-state index contributed by atoms with van der Waals surface area (Å²) in [5.74, 6) is 1.12. The topological polar surface area (TPSA) is 78.4 Å². The molecule has 0 radical (unpaired) electrons. The summed E-state index contributed by atoms with van der Waals surface area (Å²) in [5.41, 5.74) is 5.16. The van der Waals surface area contributed by atoms with Crippen LogP contribution in [0.4, 0.5) is 5.82 Å². The molecule has 1 fully saturated rings. The van der Waals surface area contributed by atoms with Crippen LogP contribution in [-0.4, -0.2) is 52.6 Å². The van der Waals surface area contributed by atoms with Crippen molar-refractivity contribution in [2.24, 2.45) is 11.8 Å². The summed E-state index contributed by atoms with van der Waals surface area (Å²) in [6.07, 6.45) is 10.9. The van der Waals surface area contributed by atoms with E-state index < -0.39 is 6.10 Å². The number of nitrogens with one attached hydrogen (secondary N) is 1. The van der Waals surface area contributed by atoms with Gasteiger partial charge in [0, 0.05) is 35.6 Å². The lowest BCUT2D eigenvalue weighted by Gasteiger charge is -2.17. The van der Waals surface area contributed by atoms with Gasteiger partial charge in [0.2, 0.25) is 5.91 Å². The Balaban J connectivity index is 1.80. The summed E-state index contributed by atoms with van der Waals surface area (Å²) in [6.45, 7) is 11.3. The number of nitrogens with zero attached hydrogens (tertiary/aromatic N) is 3. The molecule has 194 valence electrons. The van der Waals surface area contributed by atoms with E-state index in [1.807, 2.05) is 39.3 Å². The highest BCUT2D eigenvalue weighted by molar-refractivity contribution is 5.96. The molecule has 2 aromatic rings. The largest absolute Gasteiger partial charge is 0.388 e. The van der Waals surface area contributed by atoms with Crippen LogP contribution in [0.2, 0.25) is 0 Å². The molecule has 0 saturated heterocycles. The molecule has 1 saturated carbocycles. The molecule has 1 aliphatic carbocycles. The number of pyridine rings is 2. The number of aliphatic hydroxyl groups excluding tert-OH is 1. The number of carbonyl (C=O) groups excluding carboxylic acids is 1. The second kappa shape index (κ2) is 12.4. The highest BCUT2D eigenvalue weighted by Gasteiger charge is 2.43. The minimum absolute atomic E-state index is 0.0479. The third kappa shape index (κ3) is 6.89. The highest BCUT2D eigenvalue weighted by atomic mass is 16.3. The summed E-state index contributed by atoms with van der Waals surface area (Å²) < 4.78 is 0. The molecule has 6 nitrogen and oxygen atoms in total. The molecule has 3 unspecified atom stereocenters. The number of rotatable bonds is 11. The Morgan fingerprint density at radius 2 is 1.89 bits per heavy atom. The molecule has 0 aliphatic heterocycles. The van der Waals surface area contributed by atoms with Gasteiger partial charge in [-0.25, -0.2) is 4.98 Å². The van der Waals surface area contributed by atoms with E-state index in [1.54, 1.807) is 6.20 Å². The van der Waals surface area contributed by atoms with Crippen LogP contribution in [0.5, 0.6) is 0 Å². The van der Waals surface area contributed by atoms with Crippen LogP contribution in [-0.2, 0) is 4.79 Å². The Bertz CT molecular complexity index is 1180. The van der Waals surface area contributed by atoms with Gasteiger partial charge in [-0.05, 0) is 88.9 Å². The number of fused-ring (bicyclic) bond motifs is 1. The number of aromatic nitrogens is 2. The summed E-state index contributed by atoms with van der Waals surface area (Å²) in [4.78, 5) is 23.9. The number of allylic oxidation sites excluding steroid dienone is 4. The number of anilines is 1. The first-order valence-electron chi connectivity index (χ1n) is 13.1. The van der Waals surface area contributed by atoms with Crippen molar-refractivity contribution in [2.45, 2.75) is 66.4 Å². The fourth-order valence-electron chi connectivity index (χ4n) is 4.74. The van der Waals surface area contributed by atoms with Crippen molar-refractivity contribution in [3.8, 4) is 0 Å². The third-order valence-electron chi connectivity index (χ3n) is 7.02. The first kappa shape index (κ1) is 27.8. The second-order valence-electron chi connectivity index (χ2n) is 10.3. The van der Waals surface area contributed by atoms with Crippen LogP contribution in [0.25, 0.3) is 16.3 Å². The van der Waals surface area contributed by atoms with Crippen molar-refractivity contribution in [2.75, 3.05) is 26.0 Å². The van der Waals surface area contributed by atoms with Crippen LogP contribution in [0, 0.1) is 11.8 Å². The zero-order chi connectivity index (χ0) is 26.4. The fraction of sp³-hybridized carbons (Fsp3) is 0.500. The average Bonchev–Trinajstić information content (AvgIpc) is 3.61. The normalized spacial score (nSPS) is 19.9. The highest BCUT2D eigenvalue weighted by Crippen LogP contribution is 2.39. The molecule has 1 aliphatic rings. The molecule has 36 heavy (non-hydrogen) atoms. The lowest BCUT2D eigenvalue weighted by Crippen LogP contribution is -2.20. The molecule has 1 amide bonds. The van der Waals surface area contributed by atoms with E-state index in [0.717, 1.165) is 65.4 Å². The standard InChI is InChI=1S/C30H42N4O2/c1-8-11-28(35)25(19(4)9-2)12-20(5)24(10-3)27-14-21-17-32-29(15-22(21)16-31-27)33-30(36)26-13-23(26)18-34(6)7/h10,12,14-17,23,26,28,35H,8-9,11,13,18H2,1-7H3,(H,32,33,36)/b20-12-,24-10+,25-19-. The number of aliphatic hydroxyl groups is 1. The first-order chi connectivity index (χ1) is 17.2. The van der Waals surface area contributed by atoms with Gasteiger partial charge in [-0.1, -0.05) is 38.0 Å².